The molecule has 0 saturated carbocycles. The zero-order valence-corrected chi connectivity index (χ0v) is 14.9. The van der Waals surface area contributed by atoms with E-state index >= 15 is 0 Å². The molecule has 0 bridgehead atoms. The molecule has 20 heavy (non-hydrogen) atoms. The molecule has 0 fully saturated rings. The Hall–Kier alpha value is -0.160. The first kappa shape index (κ1) is 16.2. The van der Waals surface area contributed by atoms with Gasteiger partial charge in [-0.05, 0) is 55.8 Å². The van der Waals surface area contributed by atoms with Gasteiger partial charge in [-0.15, -0.1) is 0 Å². The van der Waals surface area contributed by atoms with Crippen LogP contribution in [-0.4, -0.2) is 0 Å². The third-order valence-electron chi connectivity index (χ3n) is 3.08. The summed E-state index contributed by atoms with van der Waals surface area (Å²) in [6.45, 7) is 4.36. The van der Waals surface area contributed by atoms with Gasteiger partial charge in [-0.1, -0.05) is 70.1 Å². The van der Waals surface area contributed by atoms with Crippen LogP contribution in [0.25, 0.3) is 0 Å². The van der Waals surface area contributed by atoms with Crippen molar-refractivity contribution in [3.63, 3.8) is 0 Å². The molecule has 0 aliphatic rings. The number of rotatable bonds is 7. The zero-order chi connectivity index (χ0) is 14.2. The van der Waals surface area contributed by atoms with Crippen molar-refractivity contribution >= 4 is 41.2 Å². The summed E-state index contributed by atoms with van der Waals surface area (Å²) in [6.07, 6.45) is 0. The van der Waals surface area contributed by atoms with Crippen molar-refractivity contribution in [1.82, 2.24) is 0 Å². The molecule has 2 rings (SSSR count). The Bertz CT molecular complexity index is 490. The molecule has 106 valence electrons. The summed E-state index contributed by atoms with van der Waals surface area (Å²) in [4.78, 5) is 0. The minimum Gasteiger partial charge on any atom is -0.0769 e. The van der Waals surface area contributed by atoms with Crippen LogP contribution in [0.2, 0.25) is 0 Å². The quantitative estimate of drug-likeness (QED) is 0.407. The van der Waals surface area contributed by atoms with Gasteiger partial charge in [-0.2, -0.15) is 0 Å². The minimum absolute atomic E-state index is 1.08. The molecule has 0 spiro atoms. The second kappa shape index (κ2) is 8.98. The topological polar surface area (TPSA) is 0 Å². The highest BCUT2D eigenvalue weighted by Crippen LogP contribution is 2.45. The maximum absolute atomic E-state index is 2.22. The van der Waals surface area contributed by atoms with E-state index in [-0.39, 0.29) is 0 Å². The van der Waals surface area contributed by atoms with Crippen LogP contribution in [0.4, 0.5) is 0 Å². The van der Waals surface area contributed by atoms with Crippen LogP contribution >= 0.6 is 41.2 Å². The van der Waals surface area contributed by atoms with Crippen molar-refractivity contribution in [2.75, 3.05) is 0 Å². The average Bonchev–Trinajstić information content (AvgIpc) is 2.46. The van der Waals surface area contributed by atoms with E-state index in [0.29, 0.717) is 0 Å². The molecule has 0 radical (unpaired) electrons. The lowest BCUT2D eigenvalue weighted by atomic mass is 10.1. The third-order valence-corrected chi connectivity index (χ3v) is 9.36. The summed E-state index contributed by atoms with van der Waals surface area (Å²) >= 11 is 0. The number of aryl methyl sites for hydroxylation is 2. The summed E-state index contributed by atoms with van der Waals surface area (Å²) in [7, 11) is 7.59. The van der Waals surface area contributed by atoms with Crippen molar-refractivity contribution in [2.24, 2.45) is 0 Å². The summed E-state index contributed by atoms with van der Waals surface area (Å²) in [5, 5.41) is 0. The van der Waals surface area contributed by atoms with Gasteiger partial charge < -0.3 is 0 Å². The van der Waals surface area contributed by atoms with Gasteiger partial charge in [0.25, 0.3) is 0 Å². The second-order valence-corrected chi connectivity index (χ2v) is 10.5. The number of hydrogen-bond acceptors (Lipinski definition) is 4. The predicted molar refractivity (Wildman–Crippen MR) is 100 cm³/mol. The fourth-order valence-electron chi connectivity index (χ4n) is 1.76. The van der Waals surface area contributed by atoms with Gasteiger partial charge in [0.05, 0.1) is 0 Å². The SMILES string of the molecule is Cc1ccccc1CSSSSCc1ccccc1C. The van der Waals surface area contributed by atoms with Crippen molar-refractivity contribution < 1.29 is 0 Å². The molecule has 0 heterocycles. The zero-order valence-electron chi connectivity index (χ0n) is 11.7. The highest BCUT2D eigenvalue weighted by molar-refractivity contribution is 9.25. The standard InChI is InChI=1S/C16H18S4/c1-13-7-3-5-9-15(13)11-17-19-20-18-12-16-10-6-4-8-14(16)2/h3-10H,11-12H2,1-2H3. The summed E-state index contributed by atoms with van der Waals surface area (Å²) < 4.78 is 0. The van der Waals surface area contributed by atoms with Crippen molar-refractivity contribution in [3.8, 4) is 0 Å². The van der Waals surface area contributed by atoms with Gasteiger partial charge in [-0.25, -0.2) is 0 Å². The predicted octanol–water partition coefficient (Wildman–Crippen LogP) is 6.68. The average molecular weight is 339 g/mol. The van der Waals surface area contributed by atoms with E-state index in [1.54, 1.807) is 0 Å². The normalized spacial score (nSPS) is 10.7. The van der Waals surface area contributed by atoms with E-state index in [2.05, 4.69) is 62.4 Å². The smallest absolute Gasteiger partial charge is 0.0299 e. The molecule has 0 saturated heterocycles. The van der Waals surface area contributed by atoms with Gasteiger partial charge in [0.2, 0.25) is 0 Å². The van der Waals surface area contributed by atoms with Gasteiger partial charge in [-0.3, -0.25) is 0 Å². The third kappa shape index (κ3) is 5.32. The second-order valence-electron chi connectivity index (χ2n) is 4.51. The lowest BCUT2D eigenvalue weighted by molar-refractivity contribution is 1.31. The first-order valence-electron chi connectivity index (χ1n) is 6.44. The molecule has 4 heteroatoms. The molecule has 2 aromatic carbocycles. The van der Waals surface area contributed by atoms with Crippen LogP contribution in [-0.2, 0) is 11.5 Å². The van der Waals surface area contributed by atoms with E-state index < -0.39 is 0 Å². The van der Waals surface area contributed by atoms with Crippen LogP contribution in [0, 0.1) is 13.8 Å². The van der Waals surface area contributed by atoms with E-state index in [1.807, 2.05) is 41.2 Å². The molecule has 0 unspecified atom stereocenters. The molecule has 0 aliphatic carbocycles. The van der Waals surface area contributed by atoms with Crippen LogP contribution < -0.4 is 0 Å². The summed E-state index contributed by atoms with van der Waals surface area (Å²) in [6, 6.07) is 17.2. The molecular weight excluding hydrogens is 320 g/mol. The maximum atomic E-state index is 2.22. The maximum Gasteiger partial charge on any atom is 0.0299 e. The first-order valence-corrected chi connectivity index (χ1v) is 11.6. The Morgan fingerprint density at radius 3 is 1.45 bits per heavy atom. The van der Waals surface area contributed by atoms with E-state index in [4.69, 9.17) is 0 Å². The van der Waals surface area contributed by atoms with Crippen LogP contribution in [0.1, 0.15) is 22.3 Å². The molecule has 2 aromatic rings. The molecule has 0 atom stereocenters. The Labute approximate surface area is 137 Å². The van der Waals surface area contributed by atoms with Crippen molar-refractivity contribution in [1.29, 1.82) is 0 Å². The molecule has 0 aliphatic heterocycles. The van der Waals surface area contributed by atoms with Gasteiger partial charge >= 0.3 is 0 Å². The van der Waals surface area contributed by atoms with E-state index in [0.717, 1.165) is 11.5 Å². The summed E-state index contributed by atoms with van der Waals surface area (Å²) in [5.41, 5.74) is 5.65. The Kier molecular flexibility index (Phi) is 7.28. The lowest BCUT2D eigenvalue weighted by Crippen LogP contribution is -1.83. The Balaban J connectivity index is 1.63. The van der Waals surface area contributed by atoms with Gasteiger partial charge in [0.15, 0.2) is 0 Å². The number of hydrogen-bond donors (Lipinski definition) is 0. The highest BCUT2D eigenvalue weighted by atomic mass is 33.7. The van der Waals surface area contributed by atoms with Crippen LogP contribution in [0.5, 0.6) is 0 Å². The van der Waals surface area contributed by atoms with E-state index in [1.165, 1.54) is 22.3 Å². The molecule has 0 aromatic heterocycles. The Morgan fingerprint density at radius 1 is 0.650 bits per heavy atom. The fourth-order valence-corrected chi connectivity index (χ4v) is 7.82. The van der Waals surface area contributed by atoms with Crippen LogP contribution in [0.3, 0.4) is 0 Å². The largest absolute Gasteiger partial charge is 0.0769 e. The highest BCUT2D eigenvalue weighted by Gasteiger charge is 2.00. The molecular formula is C16H18S4. The minimum atomic E-state index is 1.08. The van der Waals surface area contributed by atoms with Crippen LogP contribution in [0.15, 0.2) is 48.5 Å². The number of benzene rings is 2. The lowest BCUT2D eigenvalue weighted by Gasteiger charge is -2.05. The monoisotopic (exact) mass is 338 g/mol. The molecule has 0 nitrogen and oxygen atoms in total. The van der Waals surface area contributed by atoms with E-state index in [9.17, 15) is 0 Å². The Morgan fingerprint density at radius 2 is 1.05 bits per heavy atom. The van der Waals surface area contributed by atoms with Gasteiger partial charge in [0, 0.05) is 11.5 Å². The molecule has 0 amide bonds. The molecule has 0 N–H and O–H groups in total. The van der Waals surface area contributed by atoms with Crippen molar-refractivity contribution in [3.05, 3.63) is 70.8 Å². The fraction of sp³-hybridized carbons (Fsp3) is 0.250. The van der Waals surface area contributed by atoms with Gasteiger partial charge in [0.1, 0.15) is 0 Å². The summed E-state index contributed by atoms with van der Waals surface area (Å²) in [5.74, 6) is 2.16. The first-order chi connectivity index (χ1) is 9.77. The van der Waals surface area contributed by atoms with Crippen molar-refractivity contribution in [2.45, 2.75) is 25.4 Å².